The van der Waals surface area contributed by atoms with Crippen LogP contribution in [-0.2, 0) is 6.54 Å². The van der Waals surface area contributed by atoms with Crippen molar-refractivity contribution >= 4 is 6.08 Å². The smallest absolute Gasteiger partial charge is 0.241 e. The van der Waals surface area contributed by atoms with Gasteiger partial charge in [0, 0.05) is 24.5 Å². The minimum atomic E-state index is 0.593. The largest absolute Gasteiger partial charge is 0.338 e. The van der Waals surface area contributed by atoms with Gasteiger partial charge in [-0.2, -0.15) is 4.98 Å². The summed E-state index contributed by atoms with van der Waals surface area (Å²) in [5.74, 6) is 1.20. The summed E-state index contributed by atoms with van der Waals surface area (Å²) < 4.78 is 5.31. The van der Waals surface area contributed by atoms with Crippen LogP contribution in [0.15, 0.2) is 65.5 Å². The van der Waals surface area contributed by atoms with Crippen LogP contribution in [0.25, 0.3) is 17.5 Å². The lowest BCUT2D eigenvalue weighted by Crippen LogP contribution is -2.17. The third-order valence-corrected chi connectivity index (χ3v) is 3.34. The molecule has 1 aromatic carbocycles. The first-order valence-corrected chi connectivity index (χ1v) is 7.44. The number of hydrogen-bond donors (Lipinski definition) is 0. The van der Waals surface area contributed by atoms with E-state index in [1.54, 1.807) is 12.4 Å². The van der Waals surface area contributed by atoms with E-state index in [9.17, 15) is 0 Å². The first kappa shape index (κ1) is 15.1. The van der Waals surface area contributed by atoms with E-state index < -0.39 is 0 Å². The van der Waals surface area contributed by atoms with Crippen molar-refractivity contribution in [1.29, 1.82) is 0 Å². The van der Waals surface area contributed by atoms with E-state index in [2.05, 4.69) is 44.3 Å². The van der Waals surface area contributed by atoms with Crippen LogP contribution in [0.2, 0.25) is 0 Å². The third kappa shape index (κ3) is 4.34. The van der Waals surface area contributed by atoms with Crippen LogP contribution >= 0.6 is 0 Å². The quantitative estimate of drug-likeness (QED) is 0.699. The molecule has 0 amide bonds. The maximum atomic E-state index is 5.31. The SMILES string of the molecule is CN(CC=Cc1ccccc1)Cc1nc(-c2ccncc2)no1. The Morgan fingerprint density at radius 3 is 2.65 bits per heavy atom. The Kier molecular flexibility index (Phi) is 4.91. The van der Waals surface area contributed by atoms with E-state index in [-0.39, 0.29) is 0 Å². The molecule has 0 aliphatic carbocycles. The van der Waals surface area contributed by atoms with Crippen LogP contribution in [0.1, 0.15) is 11.5 Å². The summed E-state index contributed by atoms with van der Waals surface area (Å²) in [5.41, 5.74) is 2.10. The van der Waals surface area contributed by atoms with Crippen LogP contribution in [0.4, 0.5) is 0 Å². The second-order valence-corrected chi connectivity index (χ2v) is 5.26. The molecule has 5 nitrogen and oxygen atoms in total. The Balaban J connectivity index is 1.55. The van der Waals surface area contributed by atoms with Crippen molar-refractivity contribution in [3.05, 3.63) is 72.4 Å². The average Bonchev–Trinajstić information content (AvgIpc) is 3.05. The zero-order valence-electron chi connectivity index (χ0n) is 13.0. The zero-order chi connectivity index (χ0) is 15.9. The normalized spacial score (nSPS) is 11.4. The van der Waals surface area contributed by atoms with Gasteiger partial charge in [0.1, 0.15) is 0 Å². The molecule has 0 saturated carbocycles. The fraction of sp³-hybridized carbons (Fsp3) is 0.167. The van der Waals surface area contributed by atoms with Gasteiger partial charge >= 0.3 is 0 Å². The highest BCUT2D eigenvalue weighted by molar-refractivity contribution is 5.52. The molecule has 23 heavy (non-hydrogen) atoms. The molecule has 0 aliphatic heterocycles. The van der Waals surface area contributed by atoms with Crippen molar-refractivity contribution < 1.29 is 4.52 Å². The Morgan fingerprint density at radius 2 is 1.87 bits per heavy atom. The molecule has 116 valence electrons. The Bertz CT molecular complexity index is 753. The summed E-state index contributed by atoms with van der Waals surface area (Å²) in [5, 5.41) is 4.01. The molecule has 3 rings (SSSR count). The lowest BCUT2D eigenvalue weighted by atomic mass is 10.2. The summed E-state index contributed by atoms with van der Waals surface area (Å²) in [6.45, 7) is 1.42. The number of likely N-dealkylation sites (N-methyl/N-ethyl adjacent to an activating group) is 1. The van der Waals surface area contributed by atoms with E-state index in [0.29, 0.717) is 18.3 Å². The molecule has 0 N–H and O–H groups in total. The Labute approximate surface area is 135 Å². The molecule has 2 heterocycles. The highest BCUT2D eigenvalue weighted by Gasteiger charge is 2.09. The van der Waals surface area contributed by atoms with Crippen molar-refractivity contribution in [3.63, 3.8) is 0 Å². The molecule has 0 atom stereocenters. The van der Waals surface area contributed by atoms with Gasteiger partial charge in [-0.25, -0.2) is 0 Å². The van der Waals surface area contributed by atoms with Crippen molar-refractivity contribution in [2.24, 2.45) is 0 Å². The molecule has 2 aromatic heterocycles. The standard InChI is InChI=1S/C18H18N4O/c1-22(13-5-8-15-6-3-2-4-7-15)14-17-20-18(21-23-17)16-9-11-19-12-10-16/h2-12H,13-14H2,1H3. The Hall–Kier alpha value is -2.79. The third-order valence-electron chi connectivity index (χ3n) is 3.34. The molecule has 0 aliphatic rings. The molecular formula is C18H18N4O. The van der Waals surface area contributed by atoms with Crippen LogP contribution in [0, 0.1) is 0 Å². The van der Waals surface area contributed by atoms with Crippen LogP contribution in [0.5, 0.6) is 0 Å². The summed E-state index contributed by atoms with van der Waals surface area (Å²) in [7, 11) is 2.02. The first-order chi connectivity index (χ1) is 11.3. The number of benzene rings is 1. The van der Waals surface area contributed by atoms with Crippen LogP contribution in [0.3, 0.4) is 0 Å². The summed E-state index contributed by atoms with van der Waals surface area (Å²) >= 11 is 0. The number of aromatic nitrogens is 3. The first-order valence-electron chi connectivity index (χ1n) is 7.44. The number of pyridine rings is 1. The van der Waals surface area contributed by atoms with E-state index in [0.717, 1.165) is 12.1 Å². The topological polar surface area (TPSA) is 55.1 Å². The highest BCUT2D eigenvalue weighted by Crippen LogP contribution is 2.14. The van der Waals surface area contributed by atoms with Gasteiger partial charge in [-0.15, -0.1) is 0 Å². The second kappa shape index (κ2) is 7.47. The maximum absolute atomic E-state index is 5.31. The van der Waals surface area contributed by atoms with Crippen LogP contribution in [-0.4, -0.2) is 33.6 Å². The van der Waals surface area contributed by atoms with E-state index in [1.165, 1.54) is 5.56 Å². The van der Waals surface area contributed by atoms with Gasteiger partial charge in [-0.3, -0.25) is 9.88 Å². The highest BCUT2D eigenvalue weighted by atomic mass is 16.5. The Morgan fingerprint density at radius 1 is 1.09 bits per heavy atom. The van der Waals surface area contributed by atoms with Gasteiger partial charge < -0.3 is 4.52 Å². The summed E-state index contributed by atoms with van der Waals surface area (Å²) in [6.07, 6.45) is 7.65. The van der Waals surface area contributed by atoms with E-state index in [1.807, 2.05) is 37.4 Å². The van der Waals surface area contributed by atoms with Gasteiger partial charge in [0.2, 0.25) is 11.7 Å². The van der Waals surface area contributed by atoms with Gasteiger partial charge in [0.05, 0.1) is 6.54 Å². The predicted octanol–water partition coefficient (Wildman–Crippen LogP) is 3.28. The maximum Gasteiger partial charge on any atom is 0.241 e. The van der Waals surface area contributed by atoms with Crippen molar-refractivity contribution in [2.75, 3.05) is 13.6 Å². The van der Waals surface area contributed by atoms with Crippen molar-refractivity contribution in [3.8, 4) is 11.4 Å². The lowest BCUT2D eigenvalue weighted by Gasteiger charge is -2.10. The van der Waals surface area contributed by atoms with Crippen LogP contribution < -0.4 is 0 Å². The summed E-state index contributed by atoms with van der Waals surface area (Å²) in [4.78, 5) is 10.5. The molecule has 3 aromatic rings. The number of rotatable bonds is 6. The molecule has 0 spiro atoms. The second-order valence-electron chi connectivity index (χ2n) is 5.26. The average molecular weight is 306 g/mol. The monoisotopic (exact) mass is 306 g/mol. The minimum Gasteiger partial charge on any atom is -0.338 e. The molecule has 0 fully saturated rings. The van der Waals surface area contributed by atoms with Gasteiger partial charge in [-0.1, -0.05) is 47.6 Å². The number of hydrogen-bond acceptors (Lipinski definition) is 5. The molecular weight excluding hydrogens is 288 g/mol. The molecule has 0 unspecified atom stereocenters. The molecule has 0 radical (unpaired) electrons. The van der Waals surface area contributed by atoms with Gasteiger partial charge in [0.25, 0.3) is 0 Å². The lowest BCUT2D eigenvalue weighted by molar-refractivity contribution is 0.286. The molecule has 0 saturated heterocycles. The number of nitrogens with zero attached hydrogens (tertiary/aromatic N) is 4. The van der Waals surface area contributed by atoms with Crippen molar-refractivity contribution in [1.82, 2.24) is 20.0 Å². The fourth-order valence-corrected chi connectivity index (χ4v) is 2.17. The minimum absolute atomic E-state index is 0.593. The van der Waals surface area contributed by atoms with Crippen molar-refractivity contribution in [2.45, 2.75) is 6.54 Å². The fourth-order valence-electron chi connectivity index (χ4n) is 2.17. The van der Waals surface area contributed by atoms with Gasteiger partial charge in [0.15, 0.2) is 0 Å². The molecule has 0 bridgehead atoms. The summed E-state index contributed by atoms with van der Waals surface area (Å²) in [6, 6.07) is 14.0. The van der Waals surface area contributed by atoms with E-state index in [4.69, 9.17) is 4.52 Å². The predicted molar refractivity (Wildman–Crippen MR) is 89.3 cm³/mol. The zero-order valence-corrected chi connectivity index (χ0v) is 13.0. The van der Waals surface area contributed by atoms with E-state index >= 15 is 0 Å². The van der Waals surface area contributed by atoms with Gasteiger partial charge in [-0.05, 0) is 24.7 Å². The molecule has 5 heteroatoms.